The first-order valence-electron chi connectivity index (χ1n) is 19.0. The van der Waals surface area contributed by atoms with Gasteiger partial charge >= 0.3 is 12.2 Å². The monoisotopic (exact) mass is 1020 g/mol. The highest BCUT2D eigenvalue weighted by Crippen LogP contribution is 2.39. The number of amides is 2. The lowest BCUT2D eigenvalue weighted by Crippen LogP contribution is -2.44. The minimum absolute atomic E-state index is 0.0273. The number of piperidine rings is 2. The van der Waals surface area contributed by atoms with Crippen LogP contribution < -0.4 is 20.1 Å². The van der Waals surface area contributed by atoms with Gasteiger partial charge in [-0.25, -0.2) is 9.59 Å². The average Bonchev–Trinajstić information content (AvgIpc) is 3.64. The zero-order valence-corrected chi connectivity index (χ0v) is 38.6. The van der Waals surface area contributed by atoms with Gasteiger partial charge in [-0.1, -0.05) is 80.5 Å². The highest BCUT2D eigenvalue weighted by atomic mass is 127. The number of nitrogen functional groups attached to an aromatic ring is 1. The maximum Gasteiger partial charge on any atom is 0.410 e. The highest BCUT2D eigenvalue weighted by molar-refractivity contribution is 14.1. The molecule has 3 saturated heterocycles. The number of carbonyl (C=O) groups excluding carboxylic acids is 2. The zero-order valence-electron chi connectivity index (χ0n) is 32.8. The predicted molar refractivity (Wildman–Crippen MR) is 239 cm³/mol. The Morgan fingerprint density at radius 2 is 1.09 bits per heavy atom. The summed E-state index contributed by atoms with van der Waals surface area (Å²) >= 11 is 17.3. The fourth-order valence-corrected chi connectivity index (χ4v) is 7.50. The number of ether oxygens (including phenoxy) is 4. The van der Waals surface area contributed by atoms with Gasteiger partial charge in [-0.3, -0.25) is 0 Å². The van der Waals surface area contributed by atoms with Gasteiger partial charge in [0.1, 0.15) is 34.9 Å². The van der Waals surface area contributed by atoms with Crippen molar-refractivity contribution in [1.29, 1.82) is 0 Å². The average molecular weight is 1020 g/mol. The van der Waals surface area contributed by atoms with Crippen molar-refractivity contribution in [2.45, 2.75) is 116 Å². The Hall–Kier alpha value is -1.78. The van der Waals surface area contributed by atoms with Gasteiger partial charge in [0.15, 0.2) is 0 Å². The molecule has 3 heterocycles. The number of para-hydroxylation sites is 2. The molecular formula is C40H60Cl2I2N4O6. The second kappa shape index (κ2) is 22.8. The summed E-state index contributed by atoms with van der Waals surface area (Å²) < 4.78 is 25.7. The van der Waals surface area contributed by atoms with Gasteiger partial charge in [-0.05, 0) is 100 Å². The number of anilines is 2. The molecule has 0 atom stereocenters. The van der Waals surface area contributed by atoms with Crippen molar-refractivity contribution >= 4 is 91.9 Å². The molecule has 0 radical (unpaired) electrons. The minimum atomic E-state index is -0.473. The number of nitrogens with zero attached hydrogens (tertiary/aromatic N) is 3. The second-order valence-electron chi connectivity index (χ2n) is 15.6. The third kappa shape index (κ3) is 16.4. The van der Waals surface area contributed by atoms with Gasteiger partial charge < -0.3 is 39.4 Å². The number of hydrogen-bond donors (Lipinski definition) is 1. The van der Waals surface area contributed by atoms with Crippen LogP contribution in [0.1, 0.15) is 92.9 Å². The molecule has 2 amide bonds. The molecule has 0 aliphatic carbocycles. The number of unbranched alkanes of at least 4 members (excludes halogenated alkanes) is 1. The minimum Gasteiger partial charge on any atom is -0.488 e. The van der Waals surface area contributed by atoms with Crippen molar-refractivity contribution in [2.75, 3.05) is 58.8 Å². The predicted octanol–water partition coefficient (Wildman–Crippen LogP) is 11.1. The second-order valence-corrected chi connectivity index (χ2v) is 18.6. The van der Waals surface area contributed by atoms with Crippen LogP contribution in [0.25, 0.3) is 0 Å². The van der Waals surface area contributed by atoms with Gasteiger partial charge in [-0.15, -0.1) is 0 Å². The first-order valence-corrected chi connectivity index (χ1v) is 22.8. The SMILES string of the molecule is CC(C)(C)OC(=O)N1CCC(Oc2cccc(Cl)c2N)CC1.CC(C)(C)OC(=O)N1CCC(Oc2cccc(Cl)c2N2CCCC2)CC1.ICCCCI. The Labute approximate surface area is 360 Å². The van der Waals surface area contributed by atoms with E-state index in [4.69, 9.17) is 47.9 Å². The Bertz CT molecular complexity index is 1450. The van der Waals surface area contributed by atoms with Crippen LogP contribution in [0.3, 0.4) is 0 Å². The molecule has 14 heteroatoms. The van der Waals surface area contributed by atoms with Crippen LogP contribution in [-0.2, 0) is 9.47 Å². The van der Waals surface area contributed by atoms with Gasteiger partial charge in [0, 0.05) is 65.0 Å². The van der Waals surface area contributed by atoms with E-state index >= 15 is 0 Å². The molecule has 304 valence electrons. The number of likely N-dealkylation sites (tertiary alicyclic amines) is 2. The number of nitrogens with two attached hydrogens (primary N) is 1. The van der Waals surface area contributed by atoms with Crippen LogP contribution in [0.2, 0.25) is 10.0 Å². The lowest BCUT2D eigenvalue weighted by molar-refractivity contribution is 0.0115. The summed E-state index contributed by atoms with van der Waals surface area (Å²) in [6.07, 6.45) is 7.86. The van der Waals surface area contributed by atoms with Crippen molar-refractivity contribution in [3.05, 3.63) is 46.4 Å². The van der Waals surface area contributed by atoms with E-state index in [0.717, 1.165) is 55.2 Å². The third-order valence-corrected chi connectivity index (χ3v) is 10.8. The Kier molecular flexibility index (Phi) is 19.7. The lowest BCUT2D eigenvalue weighted by atomic mass is 10.1. The molecule has 3 fully saturated rings. The fourth-order valence-electron chi connectivity index (χ4n) is 5.97. The molecule has 0 bridgehead atoms. The van der Waals surface area contributed by atoms with Gasteiger partial charge in [0.25, 0.3) is 0 Å². The Balaban J connectivity index is 0.000000255. The molecule has 2 aromatic rings. The summed E-state index contributed by atoms with van der Waals surface area (Å²) in [4.78, 5) is 30.0. The smallest absolute Gasteiger partial charge is 0.410 e. The van der Waals surface area contributed by atoms with Crippen LogP contribution in [0.5, 0.6) is 11.5 Å². The van der Waals surface area contributed by atoms with E-state index < -0.39 is 11.2 Å². The third-order valence-electron chi connectivity index (χ3n) is 8.68. The van der Waals surface area contributed by atoms with E-state index in [0.29, 0.717) is 42.6 Å². The molecule has 2 aromatic carbocycles. The van der Waals surface area contributed by atoms with E-state index in [2.05, 4.69) is 50.1 Å². The number of halogens is 4. The maximum absolute atomic E-state index is 12.2. The van der Waals surface area contributed by atoms with E-state index in [1.807, 2.05) is 65.8 Å². The first kappa shape index (κ1) is 46.6. The van der Waals surface area contributed by atoms with Gasteiger partial charge in [0.05, 0.1) is 21.4 Å². The highest BCUT2D eigenvalue weighted by Gasteiger charge is 2.30. The fraction of sp³-hybridized carbons (Fsp3) is 0.650. The normalized spacial score (nSPS) is 16.8. The lowest BCUT2D eigenvalue weighted by Gasteiger charge is -2.34. The first-order chi connectivity index (χ1) is 25.5. The van der Waals surface area contributed by atoms with Crippen molar-refractivity contribution in [3.8, 4) is 11.5 Å². The van der Waals surface area contributed by atoms with Crippen molar-refractivity contribution in [2.24, 2.45) is 0 Å². The van der Waals surface area contributed by atoms with Crippen LogP contribution in [0, 0.1) is 0 Å². The topological polar surface area (TPSA) is 107 Å². The molecule has 10 nitrogen and oxygen atoms in total. The summed E-state index contributed by atoms with van der Waals surface area (Å²) in [6, 6.07) is 11.2. The summed E-state index contributed by atoms with van der Waals surface area (Å²) in [5, 5.41) is 1.24. The number of hydrogen-bond acceptors (Lipinski definition) is 8. The largest absolute Gasteiger partial charge is 0.488 e. The maximum atomic E-state index is 12.2. The van der Waals surface area contributed by atoms with E-state index in [9.17, 15) is 9.59 Å². The molecule has 3 aliphatic rings. The van der Waals surface area contributed by atoms with Crippen LogP contribution in [0.15, 0.2) is 36.4 Å². The summed E-state index contributed by atoms with van der Waals surface area (Å²) in [5.41, 5.74) is 6.44. The molecule has 54 heavy (non-hydrogen) atoms. The summed E-state index contributed by atoms with van der Waals surface area (Å²) in [5.74, 6) is 1.46. The molecular weight excluding hydrogens is 957 g/mol. The quantitative estimate of drug-likeness (QED) is 0.121. The molecule has 0 aromatic heterocycles. The molecule has 2 N–H and O–H groups in total. The van der Waals surface area contributed by atoms with Crippen molar-refractivity contribution in [3.63, 3.8) is 0 Å². The van der Waals surface area contributed by atoms with Gasteiger partial charge in [0.2, 0.25) is 0 Å². The van der Waals surface area contributed by atoms with Crippen molar-refractivity contribution < 1.29 is 28.5 Å². The number of rotatable bonds is 8. The summed E-state index contributed by atoms with van der Waals surface area (Å²) in [6.45, 7) is 15.8. The van der Waals surface area contributed by atoms with Crippen LogP contribution >= 0.6 is 68.4 Å². The van der Waals surface area contributed by atoms with E-state index in [-0.39, 0.29) is 24.4 Å². The van der Waals surface area contributed by atoms with Crippen molar-refractivity contribution in [1.82, 2.24) is 9.80 Å². The van der Waals surface area contributed by atoms with Crippen LogP contribution in [0.4, 0.5) is 21.0 Å². The Morgan fingerprint density at radius 3 is 1.52 bits per heavy atom. The standard InChI is InChI=1S/C20H29ClN2O3.C16H23ClN2O3.C4H8I2/c1-20(2,3)26-19(24)23-13-9-15(10-14-23)25-17-8-6-7-16(21)18(17)22-11-4-5-12-22;1-16(2,3)22-15(20)19-9-7-11(8-10-19)21-13-6-4-5-12(17)14(13)18;5-3-1-2-4-6/h6-8,15H,4-5,9-14H2,1-3H3;4-6,11H,7-10,18H2,1-3H3;1-4H2. The Morgan fingerprint density at radius 1 is 0.685 bits per heavy atom. The molecule has 0 saturated carbocycles. The molecule has 0 unspecified atom stereocenters. The van der Waals surface area contributed by atoms with Gasteiger partial charge in [-0.2, -0.15) is 0 Å². The molecule has 3 aliphatic heterocycles. The van der Waals surface area contributed by atoms with Crippen LogP contribution in [-0.4, -0.2) is 93.5 Å². The zero-order chi connectivity index (χ0) is 39.9. The summed E-state index contributed by atoms with van der Waals surface area (Å²) in [7, 11) is 0. The van der Waals surface area contributed by atoms with E-state index in [1.165, 1.54) is 34.5 Å². The number of alkyl halides is 2. The molecule has 5 rings (SSSR count). The number of benzene rings is 2. The van der Waals surface area contributed by atoms with E-state index in [1.54, 1.807) is 21.9 Å². The molecule has 0 spiro atoms. The number of carbonyl (C=O) groups is 2.